The molecular formula is C16H32N2O. The van der Waals surface area contributed by atoms with E-state index in [1.165, 1.54) is 38.6 Å². The van der Waals surface area contributed by atoms with Gasteiger partial charge >= 0.3 is 0 Å². The smallest absolute Gasteiger partial charge is 0.0771 e. The quantitative estimate of drug-likeness (QED) is 0.822. The van der Waals surface area contributed by atoms with E-state index >= 15 is 0 Å². The van der Waals surface area contributed by atoms with E-state index in [2.05, 4.69) is 31.1 Å². The third kappa shape index (κ3) is 4.17. The van der Waals surface area contributed by atoms with Crippen LogP contribution in [0.25, 0.3) is 0 Å². The monoisotopic (exact) mass is 268 g/mol. The van der Waals surface area contributed by atoms with Crippen molar-refractivity contribution in [3.05, 3.63) is 0 Å². The first kappa shape index (κ1) is 15.3. The molecule has 2 aliphatic rings. The predicted octanol–water partition coefficient (Wildman–Crippen LogP) is 2.39. The van der Waals surface area contributed by atoms with Crippen LogP contribution in [0, 0.1) is 5.92 Å². The molecule has 1 saturated carbocycles. The van der Waals surface area contributed by atoms with Gasteiger partial charge in [0.05, 0.1) is 5.60 Å². The van der Waals surface area contributed by atoms with Crippen LogP contribution in [0.1, 0.15) is 58.8 Å². The van der Waals surface area contributed by atoms with E-state index < -0.39 is 5.60 Å². The molecule has 0 spiro atoms. The number of nitrogens with one attached hydrogen (secondary N) is 1. The molecule has 3 heteroatoms. The number of aliphatic hydroxyl groups is 1. The second-order valence-electron chi connectivity index (χ2n) is 7.01. The molecular weight excluding hydrogens is 236 g/mol. The Kier molecular flexibility index (Phi) is 5.27. The van der Waals surface area contributed by atoms with Crippen molar-refractivity contribution in [3.8, 4) is 0 Å². The highest BCUT2D eigenvalue weighted by Gasteiger charge is 2.33. The molecule has 0 amide bonds. The molecule has 3 nitrogen and oxygen atoms in total. The molecule has 2 unspecified atom stereocenters. The van der Waals surface area contributed by atoms with Crippen molar-refractivity contribution in [2.75, 3.05) is 20.1 Å². The Morgan fingerprint density at radius 3 is 2.53 bits per heavy atom. The maximum Gasteiger partial charge on any atom is 0.0771 e. The summed E-state index contributed by atoms with van der Waals surface area (Å²) in [6.07, 6.45) is 8.09. The molecule has 1 saturated heterocycles. The molecule has 112 valence electrons. The topological polar surface area (TPSA) is 35.5 Å². The number of rotatable bonds is 4. The van der Waals surface area contributed by atoms with Gasteiger partial charge in [0.2, 0.25) is 0 Å². The molecule has 2 N–H and O–H groups in total. The van der Waals surface area contributed by atoms with E-state index in [4.69, 9.17) is 0 Å². The minimum Gasteiger partial charge on any atom is -0.389 e. The third-order valence-electron chi connectivity index (χ3n) is 5.54. The maximum absolute atomic E-state index is 10.7. The lowest BCUT2D eigenvalue weighted by molar-refractivity contribution is -0.0128. The highest BCUT2D eigenvalue weighted by Crippen LogP contribution is 2.33. The highest BCUT2D eigenvalue weighted by molar-refractivity contribution is 4.90. The van der Waals surface area contributed by atoms with Crippen molar-refractivity contribution in [2.45, 2.75) is 76.5 Å². The fourth-order valence-electron chi connectivity index (χ4n) is 3.61. The summed E-state index contributed by atoms with van der Waals surface area (Å²) in [5.74, 6) is 0.851. The highest BCUT2D eigenvalue weighted by atomic mass is 16.3. The lowest BCUT2D eigenvalue weighted by atomic mass is 9.77. The van der Waals surface area contributed by atoms with Gasteiger partial charge in [-0.05, 0) is 65.0 Å². The summed E-state index contributed by atoms with van der Waals surface area (Å²) in [4.78, 5) is 2.43. The summed E-state index contributed by atoms with van der Waals surface area (Å²) in [5.41, 5.74) is -0.432. The number of hydrogen-bond acceptors (Lipinski definition) is 3. The largest absolute Gasteiger partial charge is 0.389 e. The molecule has 0 aromatic heterocycles. The van der Waals surface area contributed by atoms with Gasteiger partial charge in [-0.2, -0.15) is 0 Å². The van der Waals surface area contributed by atoms with Crippen LogP contribution in [-0.4, -0.2) is 47.8 Å². The molecule has 19 heavy (non-hydrogen) atoms. The molecule has 1 heterocycles. The molecule has 0 bridgehead atoms. The lowest BCUT2D eigenvalue weighted by Crippen LogP contribution is -2.51. The second-order valence-corrected chi connectivity index (χ2v) is 7.01. The molecule has 1 aliphatic heterocycles. The lowest BCUT2D eigenvalue weighted by Gasteiger charge is -2.40. The average Bonchev–Trinajstić information content (AvgIpc) is 2.41. The van der Waals surface area contributed by atoms with Gasteiger partial charge < -0.3 is 15.3 Å². The van der Waals surface area contributed by atoms with Crippen molar-refractivity contribution in [1.29, 1.82) is 0 Å². The van der Waals surface area contributed by atoms with Gasteiger partial charge in [0.25, 0.3) is 0 Å². The van der Waals surface area contributed by atoms with Crippen molar-refractivity contribution >= 4 is 0 Å². The SMILES string of the molecule is CCC1CCC(O)(CNC2CCN(C)C(C)C2)CC1. The summed E-state index contributed by atoms with van der Waals surface area (Å²) in [7, 11) is 2.21. The van der Waals surface area contributed by atoms with Gasteiger partial charge in [0.1, 0.15) is 0 Å². The summed E-state index contributed by atoms with van der Waals surface area (Å²) < 4.78 is 0. The normalized spacial score (nSPS) is 41.4. The van der Waals surface area contributed by atoms with Gasteiger partial charge in [-0.1, -0.05) is 13.3 Å². The minimum absolute atomic E-state index is 0.432. The van der Waals surface area contributed by atoms with E-state index in [-0.39, 0.29) is 0 Å². The fraction of sp³-hybridized carbons (Fsp3) is 1.00. The number of likely N-dealkylation sites (tertiary alicyclic amines) is 1. The average molecular weight is 268 g/mol. The Balaban J connectivity index is 1.73. The van der Waals surface area contributed by atoms with Crippen LogP contribution in [0.4, 0.5) is 0 Å². The summed E-state index contributed by atoms with van der Waals surface area (Å²) in [5, 5.41) is 14.3. The number of hydrogen-bond donors (Lipinski definition) is 2. The summed E-state index contributed by atoms with van der Waals surface area (Å²) in [6.45, 7) is 6.54. The number of piperidine rings is 1. The van der Waals surface area contributed by atoms with E-state index in [0.717, 1.165) is 25.3 Å². The zero-order valence-electron chi connectivity index (χ0n) is 13.0. The standard InChI is InChI=1S/C16H32N2O/c1-4-14-5-8-16(19,9-6-14)12-17-15-7-10-18(3)13(2)11-15/h13-15,17,19H,4-12H2,1-3H3. The van der Waals surface area contributed by atoms with Gasteiger partial charge in [0, 0.05) is 18.6 Å². The Morgan fingerprint density at radius 1 is 1.26 bits per heavy atom. The van der Waals surface area contributed by atoms with Crippen molar-refractivity contribution < 1.29 is 5.11 Å². The first-order valence-corrected chi connectivity index (χ1v) is 8.18. The summed E-state index contributed by atoms with van der Waals surface area (Å²) in [6, 6.07) is 1.26. The van der Waals surface area contributed by atoms with Crippen LogP contribution < -0.4 is 5.32 Å². The van der Waals surface area contributed by atoms with Crippen molar-refractivity contribution in [2.24, 2.45) is 5.92 Å². The molecule has 1 aliphatic carbocycles. The molecule has 2 rings (SSSR count). The molecule has 0 aromatic carbocycles. The minimum atomic E-state index is -0.432. The van der Waals surface area contributed by atoms with Crippen LogP contribution in [0.3, 0.4) is 0 Å². The van der Waals surface area contributed by atoms with Crippen LogP contribution in [0.2, 0.25) is 0 Å². The Bertz CT molecular complexity index is 274. The Hall–Kier alpha value is -0.120. The first-order valence-electron chi connectivity index (χ1n) is 8.18. The zero-order chi connectivity index (χ0) is 13.9. The first-order chi connectivity index (χ1) is 9.02. The van der Waals surface area contributed by atoms with E-state index in [1.54, 1.807) is 0 Å². The van der Waals surface area contributed by atoms with Crippen molar-refractivity contribution in [1.82, 2.24) is 10.2 Å². The maximum atomic E-state index is 10.7. The third-order valence-corrected chi connectivity index (χ3v) is 5.54. The van der Waals surface area contributed by atoms with E-state index in [1.807, 2.05) is 0 Å². The zero-order valence-corrected chi connectivity index (χ0v) is 13.0. The molecule has 2 atom stereocenters. The van der Waals surface area contributed by atoms with E-state index in [0.29, 0.717) is 12.1 Å². The fourth-order valence-corrected chi connectivity index (χ4v) is 3.61. The van der Waals surface area contributed by atoms with Gasteiger partial charge in [-0.15, -0.1) is 0 Å². The van der Waals surface area contributed by atoms with E-state index in [9.17, 15) is 5.11 Å². The van der Waals surface area contributed by atoms with Crippen LogP contribution in [0.5, 0.6) is 0 Å². The predicted molar refractivity (Wildman–Crippen MR) is 80.3 cm³/mol. The molecule has 2 fully saturated rings. The van der Waals surface area contributed by atoms with Crippen LogP contribution >= 0.6 is 0 Å². The van der Waals surface area contributed by atoms with Gasteiger partial charge in [-0.3, -0.25) is 0 Å². The van der Waals surface area contributed by atoms with Crippen LogP contribution in [0.15, 0.2) is 0 Å². The van der Waals surface area contributed by atoms with Gasteiger partial charge in [-0.25, -0.2) is 0 Å². The number of nitrogens with zero attached hydrogens (tertiary/aromatic N) is 1. The van der Waals surface area contributed by atoms with Gasteiger partial charge in [0.15, 0.2) is 0 Å². The Morgan fingerprint density at radius 2 is 1.95 bits per heavy atom. The summed E-state index contributed by atoms with van der Waals surface area (Å²) >= 11 is 0. The molecule has 0 aromatic rings. The Labute approximate surface area is 118 Å². The second kappa shape index (κ2) is 6.55. The van der Waals surface area contributed by atoms with Crippen molar-refractivity contribution in [3.63, 3.8) is 0 Å². The van der Waals surface area contributed by atoms with Crippen LogP contribution in [-0.2, 0) is 0 Å². The molecule has 0 radical (unpaired) electrons.